The third kappa shape index (κ3) is 6.47. The third-order valence-electron chi connectivity index (χ3n) is 3.90. The Balaban J connectivity index is 2.08. The van der Waals surface area contributed by atoms with Crippen molar-refractivity contribution in [3.05, 3.63) is 66.0 Å². The molecule has 180 valence electrons. The maximum absolute atomic E-state index is 14.9. The maximum atomic E-state index is 14.9. The topological polar surface area (TPSA) is 63.2 Å². The van der Waals surface area contributed by atoms with Crippen molar-refractivity contribution in [2.45, 2.75) is 13.0 Å². The summed E-state index contributed by atoms with van der Waals surface area (Å²) in [5.74, 6) is -5.72. The second-order valence-electron chi connectivity index (χ2n) is 6.26. The average Bonchev–Trinajstić information content (AvgIpc) is 2.75. The first kappa shape index (κ1) is 20.5. The summed E-state index contributed by atoms with van der Waals surface area (Å²) in [6, 6.07) is 8.73. The summed E-state index contributed by atoms with van der Waals surface area (Å²) in [7, 11) is -3.17. The van der Waals surface area contributed by atoms with Crippen molar-refractivity contribution in [3.8, 4) is 40.2 Å². The molecule has 0 unspecified atom stereocenters. The standard InChI is InChI=1S/C22H14F6O6/c1-30-18-9-14(34-22(26,27)28)5-6-17(18)33-19-10-15(32-21(24)25)8-16(23)20(19)31-13-4-2-3-12(7-13)11-29/h2-11,21H,1H3/i1D3. The number of aldehydes is 1. The highest BCUT2D eigenvalue weighted by Crippen LogP contribution is 2.43. The Morgan fingerprint density at radius 3 is 2.35 bits per heavy atom. The molecule has 0 aromatic heterocycles. The van der Waals surface area contributed by atoms with Gasteiger partial charge in [-0.15, -0.1) is 13.2 Å². The Morgan fingerprint density at radius 1 is 0.912 bits per heavy atom. The zero-order chi connectivity index (χ0) is 27.4. The highest BCUT2D eigenvalue weighted by molar-refractivity contribution is 5.75. The molecule has 0 aliphatic rings. The lowest BCUT2D eigenvalue weighted by Gasteiger charge is -2.17. The SMILES string of the molecule is [2H]C([2H])([2H])Oc1cc(OC(F)(F)F)ccc1Oc1cc(OC(F)F)cc(F)c1Oc1cccc(C=O)c1. The Morgan fingerprint density at radius 2 is 1.68 bits per heavy atom. The Hall–Kier alpha value is -4.09. The number of halogens is 6. The normalized spacial score (nSPS) is 12.9. The van der Waals surface area contributed by atoms with Crippen molar-refractivity contribution in [1.29, 1.82) is 0 Å². The van der Waals surface area contributed by atoms with Crippen LogP contribution in [-0.2, 0) is 0 Å². The smallest absolute Gasteiger partial charge is 0.493 e. The van der Waals surface area contributed by atoms with Gasteiger partial charge in [0.15, 0.2) is 23.1 Å². The van der Waals surface area contributed by atoms with Gasteiger partial charge in [0, 0.05) is 23.8 Å². The van der Waals surface area contributed by atoms with Crippen molar-refractivity contribution in [3.63, 3.8) is 0 Å². The van der Waals surface area contributed by atoms with Gasteiger partial charge in [0.1, 0.15) is 23.5 Å². The van der Waals surface area contributed by atoms with Gasteiger partial charge in [-0.3, -0.25) is 4.79 Å². The highest BCUT2D eigenvalue weighted by atomic mass is 19.4. The summed E-state index contributed by atoms with van der Waals surface area (Å²) >= 11 is 0. The molecule has 6 nitrogen and oxygen atoms in total. The first-order chi connectivity index (χ1) is 17.2. The Bertz CT molecular complexity index is 1270. The van der Waals surface area contributed by atoms with E-state index in [0.29, 0.717) is 18.4 Å². The van der Waals surface area contributed by atoms with Crippen molar-refractivity contribution in [2.24, 2.45) is 0 Å². The Labute approximate surface area is 192 Å². The summed E-state index contributed by atoms with van der Waals surface area (Å²) in [5.41, 5.74) is 0.145. The van der Waals surface area contributed by atoms with E-state index in [2.05, 4.69) is 14.2 Å². The molecule has 0 heterocycles. The zero-order valence-electron chi connectivity index (χ0n) is 19.6. The molecule has 0 aliphatic carbocycles. The molecule has 3 aromatic rings. The quantitative estimate of drug-likeness (QED) is 0.244. The number of rotatable bonds is 9. The molecule has 0 atom stereocenters. The van der Waals surface area contributed by atoms with Crippen LogP contribution in [0.3, 0.4) is 0 Å². The van der Waals surface area contributed by atoms with Gasteiger partial charge in [-0.25, -0.2) is 4.39 Å². The first-order valence-corrected chi connectivity index (χ1v) is 9.00. The number of carbonyl (C=O) groups excluding carboxylic acids is 1. The number of hydrogen-bond donors (Lipinski definition) is 0. The van der Waals surface area contributed by atoms with E-state index in [1.165, 1.54) is 24.3 Å². The van der Waals surface area contributed by atoms with Gasteiger partial charge in [-0.1, -0.05) is 12.1 Å². The second-order valence-corrected chi connectivity index (χ2v) is 6.26. The number of carbonyl (C=O) groups is 1. The van der Waals surface area contributed by atoms with Crippen LogP contribution in [-0.4, -0.2) is 26.3 Å². The van der Waals surface area contributed by atoms with E-state index in [9.17, 15) is 31.1 Å². The third-order valence-corrected chi connectivity index (χ3v) is 3.90. The predicted molar refractivity (Wildman–Crippen MR) is 105 cm³/mol. The van der Waals surface area contributed by atoms with E-state index in [0.717, 1.165) is 18.2 Å². The molecule has 0 saturated heterocycles. The monoisotopic (exact) mass is 491 g/mol. The lowest BCUT2D eigenvalue weighted by molar-refractivity contribution is -0.274. The lowest BCUT2D eigenvalue weighted by atomic mass is 10.2. The van der Waals surface area contributed by atoms with Gasteiger partial charge in [-0.05, 0) is 24.3 Å². The van der Waals surface area contributed by atoms with Crippen LogP contribution in [0.4, 0.5) is 26.3 Å². The minimum absolute atomic E-state index is 0.0798. The van der Waals surface area contributed by atoms with Gasteiger partial charge in [-0.2, -0.15) is 8.78 Å². The largest absolute Gasteiger partial charge is 0.573 e. The summed E-state index contributed by atoms with van der Waals surface area (Å²) < 4.78 is 123. The molecule has 0 amide bonds. The van der Waals surface area contributed by atoms with Crippen LogP contribution >= 0.6 is 0 Å². The minimum Gasteiger partial charge on any atom is -0.493 e. The van der Waals surface area contributed by atoms with Gasteiger partial charge in [0.25, 0.3) is 0 Å². The van der Waals surface area contributed by atoms with Gasteiger partial charge in [0.2, 0.25) is 5.75 Å². The molecule has 0 N–H and O–H groups in total. The predicted octanol–water partition coefficient (Wildman–Crippen LogP) is 6.73. The number of ether oxygens (including phenoxy) is 5. The van der Waals surface area contributed by atoms with Crippen LogP contribution in [0.15, 0.2) is 54.6 Å². The first-order valence-electron chi connectivity index (χ1n) is 10.5. The molecule has 34 heavy (non-hydrogen) atoms. The number of alkyl halides is 5. The fraction of sp³-hybridized carbons (Fsp3) is 0.136. The fourth-order valence-electron chi connectivity index (χ4n) is 2.63. The van der Waals surface area contributed by atoms with Crippen molar-refractivity contribution < 1.29 is 58.9 Å². The summed E-state index contributed by atoms with van der Waals surface area (Å²) in [4.78, 5) is 11.0. The molecule has 0 radical (unpaired) electrons. The van der Waals surface area contributed by atoms with E-state index < -0.39 is 60.3 Å². The van der Waals surface area contributed by atoms with Gasteiger partial charge >= 0.3 is 13.0 Å². The van der Waals surface area contributed by atoms with Crippen LogP contribution < -0.4 is 23.7 Å². The lowest BCUT2D eigenvalue weighted by Crippen LogP contribution is -2.17. The van der Waals surface area contributed by atoms with E-state index in [1.807, 2.05) is 0 Å². The van der Waals surface area contributed by atoms with Crippen molar-refractivity contribution >= 4 is 6.29 Å². The minimum atomic E-state index is -5.12. The molecular weight excluding hydrogens is 474 g/mol. The van der Waals surface area contributed by atoms with Crippen LogP contribution in [0.5, 0.6) is 40.2 Å². The molecule has 3 aromatic carbocycles. The van der Waals surface area contributed by atoms with Gasteiger partial charge < -0.3 is 23.7 Å². The molecule has 12 heteroatoms. The summed E-state index contributed by atoms with van der Waals surface area (Å²) in [6.45, 7) is -3.36. The second kappa shape index (κ2) is 10.2. The van der Waals surface area contributed by atoms with Crippen molar-refractivity contribution in [2.75, 3.05) is 7.04 Å². The maximum Gasteiger partial charge on any atom is 0.573 e. The van der Waals surface area contributed by atoms with Crippen molar-refractivity contribution in [1.82, 2.24) is 0 Å². The zero-order valence-corrected chi connectivity index (χ0v) is 16.6. The Kier molecular flexibility index (Phi) is 6.17. The van der Waals surface area contributed by atoms with Gasteiger partial charge in [0.05, 0.1) is 11.2 Å². The summed E-state index contributed by atoms with van der Waals surface area (Å²) in [5, 5.41) is 0. The molecule has 0 bridgehead atoms. The fourth-order valence-corrected chi connectivity index (χ4v) is 2.63. The van der Waals surface area contributed by atoms with E-state index in [1.54, 1.807) is 0 Å². The molecule has 0 fully saturated rings. The molecular formula is C22H14F6O6. The molecule has 0 aliphatic heterocycles. The molecule has 0 saturated carbocycles. The van der Waals surface area contributed by atoms with E-state index >= 15 is 0 Å². The number of benzene rings is 3. The van der Waals surface area contributed by atoms with Crippen LogP contribution in [0.2, 0.25) is 0 Å². The van der Waals surface area contributed by atoms with Crippen LogP contribution in [0, 0.1) is 5.82 Å². The summed E-state index contributed by atoms with van der Waals surface area (Å²) in [6.07, 6.45) is -4.65. The van der Waals surface area contributed by atoms with E-state index in [4.69, 9.17) is 13.6 Å². The number of methoxy groups -OCH3 is 1. The molecule has 0 spiro atoms. The molecule has 3 rings (SSSR count). The average molecular weight is 491 g/mol. The van der Waals surface area contributed by atoms with E-state index in [-0.39, 0.29) is 11.3 Å². The highest BCUT2D eigenvalue weighted by Gasteiger charge is 2.31. The van der Waals surface area contributed by atoms with Crippen LogP contribution in [0.25, 0.3) is 0 Å². The number of hydrogen-bond acceptors (Lipinski definition) is 6. The van der Waals surface area contributed by atoms with Crippen LogP contribution in [0.1, 0.15) is 14.5 Å².